The van der Waals surface area contributed by atoms with E-state index in [4.69, 9.17) is 4.74 Å². The summed E-state index contributed by atoms with van der Waals surface area (Å²) in [5.74, 6) is 0.0664. The third-order valence-electron chi connectivity index (χ3n) is 5.09. The van der Waals surface area contributed by atoms with Gasteiger partial charge in [0.2, 0.25) is 5.82 Å². The smallest absolute Gasteiger partial charge is 0.292 e. The molecule has 0 aliphatic carbocycles. The van der Waals surface area contributed by atoms with Gasteiger partial charge in [-0.3, -0.25) is 14.0 Å². The van der Waals surface area contributed by atoms with E-state index in [0.29, 0.717) is 43.4 Å². The highest BCUT2D eigenvalue weighted by atomic mass is 16.5. The van der Waals surface area contributed by atoms with E-state index in [0.717, 1.165) is 0 Å². The highest BCUT2D eigenvalue weighted by Gasteiger charge is 2.26. The quantitative estimate of drug-likeness (QED) is 0.740. The zero-order valence-electron chi connectivity index (χ0n) is 16.6. The van der Waals surface area contributed by atoms with Crippen molar-refractivity contribution in [3.05, 3.63) is 65.7 Å². The third-order valence-corrected chi connectivity index (χ3v) is 5.09. The largest absolute Gasteiger partial charge is 0.378 e. The number of benzene rings is 1. The van der Waals surface area contributed by atoms with Gasteiger partial charge in [-0.1, -0.05) is 32.0 Å². The van der Waals surface area contributed by atoms with E-state index in [9.17, 15) is 9.59 Å². The summed E-state index contributed by atoms with van der Waals surface area (Å²) in [5.41, 5.74) is 2.79. The number of pyridine rings is 1. The number of nitrogens with one attached hydrogen (secondary N) is 1. The van der Waals surface area contributed by atoms with Crippen molar-refractivity contribution in [2.24, 2.45) is 0 Å². The molecule has 4 rings (SSSR count). The molecule has 150 valence electrons. The number of rotatable bonds is 4. The highest BCUT2D eigenvalue weighted by molar-refractivity contribution is 6.06. The van der Waals surface area contributed by atoms with Crippen LogP contribution in [0.3, 0.4) is 0 Å². The van der Waals surface area contributed by atoms with Gasteiger partial charge in [0.05, 0.1) is 18.7 Å². The lowest BCUT2D eigenvalue weighted by atomic mass is 10.0. The molecule has 1 saturated heterocycles. The van der Waals surface area contributed by atoms with Gasteiger partial charge in [-0.25, -0.2) is 4.98 Å². The van der Waals surface area contributed by atoms with Gasteiger partial charge in [-0.05, 0) is 35.7 Å². The fraction of sp³-hybridized carbons (Fsp3) is 0.318. The fourth-order valence-electron chi connectivity index (χ4n) is 3.41. The van der Waals surface area contributed by atoms with Gasteiger partial charge in [-0.2, -0.15) is 0 Å². The molecule has 2 amide bonds. The summed E-state index contributed by atoms with van der Waals surface area (Å²) in [6.07, 6.45) is 1.75. The number of aromatic nitrogens is 2. The molecule has 7 heteroatoms. The van der Waals surface area contributed by atoms with Crippen LogP contribution in [0.5, 0.6) is 0 Å². The number of carbonyl (C=O) groups is 2. The van der Waals surface area contributed by atoms with Crippen LogP contribution in [0.2, 0.25) is 0 Å². The summed E-state index contributed by atoms with van der Waals surface area (Å²) in [6.45, 7) is 6.31. The van der Waals surface area contributed by atoms with E-state index in [1.54, 1.807) is 21.6 Å². The van der Waals surface area contributed by atoms with E-state index in [1.807, 2.05) is 36.4 Å². The molecule has 0 saturated carbocycles. The minimum Gasteiger partial charge on any atom is -0.378 e. The Morgan fingerprint density at radius 3 is 2.48 bits per heavy atom. The van der Waals surface area contributed by atoms with Crippen molar-refractivity contribution in [2.45, 2.75) is 19.8 Å². The summed E-state index contributed by atoms with van der Waals surface area (Å²) in [5, 5.41) is 2.88. The number of nitrogens with zero attached hydrogens (tertiary/aromatic N) is 3. The van der Waals surface area contributed by atoms with Crippen LogP contribution in [0.15, 0.2) is 48.7 Å². The van der Waals surface area contributed by atoms with E-state index < -0.39 is 0 Å². The number of amides is 2. The topological polar surface area (TPSA) is 75.9 Å². The maximum atomic E-state index is 13.0. The molecular weight excluding hydrogens is 368 g/mol. The molecule has 0 unspecified atom stereocenters. The molecule has 0 radical (unpaired) electrons. The Labute approximate surface area is 169 Å². The van der Waals surface area contributed by atoms with Crippen LogP contribution in [-0.4, -0.2) is 52.4 Å². The Bertz CT molecular complexity index is 1030. The van der Waals surface area contributed by atoms with Crippen LogP contribution in [0.1, 0.15) is 46.4 Å². The van der Waals surface area contributed by atoms with E-state index in [2.05, 4.69) is 24.1 Å². The van der Waals surface area contributed by atoms with Gasteiger partial charge in [0.1, 0.15) is 0 Å². The lowest BCUT2D eigenvalue weighted by Gasteiger charge is -2.26. The number of morpholine rings is 1. The fourth-order valence-corrected chi connectivity index (χ4v) is 3.41. The van der Waals surface area contributed by atoms with E-state index in [1.165, 1.54) is 5.56 Å². The van der Waals surface area contributed by atoms with Crippen molar-refractivity contribution in [1.29, 1.82) is 0 Å². The molecule has 1 aliphatic heterocycles. The molecule has 3 heterocycles. The Morgan fingerprint density at radius 1 is 1.07 bits per heavy atom. The first kappa shape index (κ1) is 19.1. The molecule has 0 bridgehead atoms. The maximum absolute atomic E-state index is 13.0. The average molecular weight is 392 g/mol. The van der Waals surface area contributed by atoms with Crippen molar-refractivity contribution in [1.82, 2.24) is 14.3 Å². The maximum Gasteiger partial charge on any atom is 0.292 e. The summed E-state index contributed by atoms with van der Waals surface area (Å²) in [6, 6.07) is 13.2. The summed E-state index contributed by atoms with van der Waals surface area (Å²) in [4.78, 5) is 32.0. The minimum absolute atomic E-state index is 0.183. The lowest BCUT2D eigenvalue weighted by molar-refractivity contribution is 0.0300. The summed E-state index contributed by atoms with van der Waals surface area (Å²) >= 11 is 0. The van der Waals surface area contributed by atoms with E-state index in [-0.39, 0.29) is 23.3 Å². The number of imidazole rings is 1. The van der Waals surface area contributed by atoms with Gasteiger partial charge in [0.25, 0.3) is 11.8 Å². The van der Waals surface area contributed by atoms with Crippen LogP contribution in [0.4, 0.5) is 5.69 Å². The Kier molecular flexibility index (Phi) is 5.31. The zero-order chi connectivity index (χ0) is 20.4. The third kappa shape index (κ3) is 3.86. The van der Waals surface area contributed by atoms with Gasteiger partial charge >= 0.3 is 0 Å². The average Bonchev–Trinajstić information content (AvgIpc) is 3.14. The predicted molar refractivity (Wildman–Crippen MR) is 110 cm³/mol. The van der Waals surface area contributed by atoms with Gasteiger partial charge < -0.3 is 15.0 Å². The number of hydrogen-bond acceptors (Lipinski definition) is 4. The number of ether oxygens (including phenoxy) is 1. The second-order valence-corrected chi connectivity index (χ2v) is 7.38. The number of carbonyl (C=O) groups excluding carboxylic acids is 2. The normalized spacial score (nSPS) is 14.4. The molecule has 0 atom stereocenters. The molecule has 2 aromatic heterocycles. The molecule has 1 fully saturated rings. The van der Waals surface area contributed by atoms with Crippen molar-refractivity contribution in [2.75, 3.05) is 31.6 Å². The van der Waals surface area contributed by atoms with Crippen molar-refractivity contribution in [3.8, 4) is 0 Å². The first-order valence-corrected chi connectivity index (χ1v) is 9.80. The molecule has 1 N–H and O–H groups in total. The molecule has 3 aromatic rings. The second kappa shape index (κ2) is 8.05. The molecular formula is C22H24N4O3. The van der Waals surface area contributed by atoms with Crippen LogP contribution in [0.25, 0.3) is 5.52 Å². The molecule has 1 aliphatic rings. The van der Waals surface area contributed by atoms with Crippen molar-refractivity contribution < 1.29 is 14.3 Å². The Balaban J connectivity index is 1.63. The van der Waals surface area contributed by atoms with Crippen LogP contribution < -0.4 is 5.32 Å². The minimum atomic E-state index is -0.357. The number of fused-ring (bicyclic) bond motifs is 1. The first-order chi connectivity index (χ1) is 14.0. The standard InChI is InChI=1S/C22H24N4O3/c1-15(2)16-6-8-17(9-7-16)23-21(27)20-24-19(18-5-3-4-10-26(18)20)22(28)25-11-13-29-14-12-25/h3-10,15H,11-14H2,1-2H3,(H,23,27). The van der Waals surface area contributed by atoms with Crippen LogP contribution in [-0.2, 0) is 4.74 Å². The lowest BCUT2D eigenvalue weighted by Crippen LogP contribution is -2.40. The van der Waals surface area contributed by atoms with Gasteiger partial charge in [0.15, 0.2) is 5.69 Å². The first-order valence-electron chi connectivity index (χ1n) is 9.80. The van der Waals surface area contributed by atoms with Crippen LogP contribution in [0, 0.1) is 0 Å². The zero-order valence-corrected chi connectivity index (χ0v) is 16.6. The van der Waals surface area contributed by atoms with Gasteiger partial charge in [-0.15, -0.1) is 0 Å². The van der Waals surface area contributed by atoms with Gasteiger partial charge in [0, 0.05) is 25.0 Å². The number of hydrogen-bond donors (Lipinski definition) is 1. The van der Waals surface area contributed by atoms with Crippen LogP contribution >= 0.6 is 0 Å². The molecule has 7 nitrogen and oxygen atoms in total. The molecule has 1 aromatic carbocycles. The Hall–Kier alpha value is -3.19. The van der Waals surface area contributed by atoms with E-state index >= 15 is 0 Å². The number of anilines is 1. The summed E-state index contributed by atoms with van der Waals surface area (Å²) < 4.78 is 6.98. The van der Waals surface area contributed by atoms with Crippen molar-refractivity contribution in [3.63, 3.8) is 0 Å². The highest BCUT2D eigenvalue weighted by Crippen LogP contribution is 2.20. The monoisotopic (exact) mass is 392 g/mol. The predicted octanol–water partition coefficient (Wildman–Crippen LogP) is 3.18. The summed E-state index contributed by atoms with van der Waals surface area (Å²) in [7, 11) is 0. The Morgan fingerprint density at radius 2 is 1.79 bits per heavy atom. The second-order valence-electron chi connectivity index (χ2n) is 7.38. The molecule has 0 spiro atoms. The van der Waals surface area contributed by atoms with Crippen molar-refractivity contribution >= 4 is 23.0 Å². The SMILES string of the molecule is CC(C)c1ccc(NC(=O)c2nc(C(=O)N3CCOCC3)c3ccccn23)cc1. The molecule has 29 heavy (non-hydrogen) atoms.